The third-order valence-electron chi connectivity index (χ3n) is 4.75. The van der Waals surface area contributed by atoms with E-state index in [1.807, 2.05) is 0 Å². The van der Waals surface area contributed by atoms with Crippen LogP contribution in [0.15, 0.2) is 29.3 Å². The van der Waals surface area contributed by atoms with Crippen LogP contribution in [0.3, 0.4) is 0 Å². The highest BCUT2D eigenvalue weighted by Gasteiger charge is 2.22. The van der Waals surface area contributed by atoms with Gasteiger partial charge in [0.2, 0.25) is 5.91 Å². The number of nitrogens with one attached hydrogen (secondary N) is 2. The number of halogens is 1. The first kappa shape index (κ1) is 22.7. The van der Waals surface area contributed by atoms with E-state index in [9.17, 15) is 4.79 Å². The summed E-state index contributed by atoms with van der Waals surface area (Å²) in [6.07, 6.45) is 3.71. The van der Waals surface area contributed by atoms with E-state index in [-0.39, 0.29) is 29.9 Å². The number of hydrogen-bond acceptors (Lipinski definition) is 2. The van der Waals surface area contributed by atoms with Gasteiger partial charge in [0.15, 0.2) is 5.96 Å². The van der Waals surface area contributed by atoms with Crippen LogP contribution in [-0.2, 0) is 11.2 Å². The second-order valence-corrected chi connectivity index (χ2v) is 6.78. The molecule has 1 aliphatic heterocycles. The molecule has 0 aromatic heterocycles. The number of aliphatic imine (C=N–C) groups is 1. The van der Waals surface area contributed by atoms with Crippen LogP contribution in [0.2, 0.25) is 0 Å². The Kier molecular flexibility index (Phi) is 10.6. The van der Waals surface area contributed by atoms with Gasteiger partial charge in [-0.1, -0.05) is 29.8 Å². The first-order valence-electron chi connectivity index (χ1n) is 9.41. The van der Waals surface area contributed by atoms with Gasteiger partial charge in [0, 0.05) is 39.6 Å². The molecule has 26 heavy (non-hydrogen) atoms. The van der Waals surface area contributed by atoms with Gasteiger partial charge in [0.25, 0.3) is 0 Å². The number of likely N-dealkylation sites (tertiary alicyclic amines) is 1. The minimum absolute atomic E-state index is 0. The first-order valence-corrected chi connectivity index (χ1v) is 9.41. The third kappa shape index (κ3) is 7.51. The fraction of sp³-hybridized carbons (Fsp3) is 0.600. The minimum Gasteiger partial charge on any atom is -0.359 e. The molecule has 6 heteroatoms. The lowest BCUT2D eigenvalue weighted by Gasteiger charge is -2.34. The Balaban J connectivity index is 0.00000338. The number of amides is 1. The molecule has 0 radical (unpaired) electrons. The van der Waals surface area contributed by atoms with Gasteiger partial charge < -0.3 is 15.5 Å². The summed E-state index contributed by atoms with van der Waals surface area (Å²) in [5.41, 5.74) is 2.63. The summed E-state index contributed by atoms with van der Waals surface area (Å²) in [5.74, 6) is 1.65. The number of rotatable bonds is 6. The Hall–Kier alpha value is -1.31. The molecule has 0 atom stereocenters. The topological polar surface area (TPSA) is 56.7 Å². The summed E-state index contributed by atoms with van der Waals surface area (Å²) in [7, 11) is 1.71. The van der Waals surface area contributed by atoms with Crippen LogP contribution in [-0.4, -0.2) is 50.0 Å². The lowest BCUT2D eigenvalue weighted by Crippen LogP contribution is -2.46. The van der Waals surface area contributed by atoms with Crippen LogP contribution in [0, 0.1) is 12.8 Å². The van der Waals surface area contributed by atoms with Crippen LogP contribution in [0.25, 0.3) is 0 Å². The maximum Gasteiger partial charge on any atom is 0.220 e. The largest absolute Gasteiger partial charge is 0.359 e. The van der Waals surface area contributed by atoms with E-state index in [0.29, 0.717) is 12.3 Å². The summed E-state index contributed by atoms with van der Waals surface area (Å²) in [6.45, 7) is 7.84. The maximum atomic E-state index is 11.5. The van der Waals surface area contributed by atoms with Crippen molar-refractivity contribution in [3.05, 3.63) is 35.4 Å². The van der Waals surface area contributed by atoms with Crippen LogP contribution in [0.4, 0.5) is 0 Å². The molecule has 0 saturated carbocycles. The molecule has 1 aromatic carbocycles. The molecule has 1 fully saturated rings. The molecule has 1 amide bonds. The highest BCUT2D eigenvalue weighted by atomic mass is 127. The molecular formula is C20H33IN4O. The van der Waals surface area contributed by atoms with Crippen molar-refractivity contribution in [2.75, 3.05) is 33.2 Å². The van der Waals surface area contributed by atoms with E-state index < -0.39 is 0 Å². The molecule has 5 nitrogen and oxygen atoms in total. The molecule has 1 heterocycles. The fourth-order valence-corrected chi connectivity index (χ4v) is 3.30. The van der Waals surface area contributed by atoms with Gasteiger partial charge in [-0.2, -0.15) is 0 Å². The average Bonchev–Trinajstić information content (AvgIpc) is 2.62. The summed E-state index contributed by atoms with van der Waals surface area (Å²) in [4.78, 5) is 18.7. The molecule has 0 aliphatic carbocycles. The fourth-order valence-electron chi connectivity index (χ4n) is 3.30. The van der Waals surface area contributed by atoms with Crippen molar-refractivity contribution in [3.8, 4) is 0 Å². The van der Waals surface area contributed by atoms with Crippen molar-refractivity contribution in [2.45, 2.75) is 39.5 Å². The lowest BCUT2D eigenvalue weighted by atomic mass is 9.93. The molecule has 0 spiro atoms. The second kappa shape index (κ2) is 12.1. The van der Waals surface area contributed by atoms with Crippen molar-refractivity contribution < 1.29 is 4.79 Å². The zero-order valence-corrected chi connectivity index (χ0v) is 18.6. The quantitative estimate of drug-likeness (QED) is 0.380. The average molecular weight is 472 g/mol. The molecule has 146 valence electrons. The third-order valence-corrected chi connectivity index (χ3v) is 4.75. The van der Waals surface area contributed by atoms with Crippen LogP contribution < -0.4 is 10.6 Å². The van der Waals surface area contributed by atoms with Crippen LogP contribution >= 0.6 is 24.0 Å². The molecule has 2 N–H and O–H groups in total. The van der Waals surface area contributed by atoms with E-state index in [2.05, 4.69) is 53.6 Å². The first-order chi connectivity index (χ1) is 12.1. The predicted molar refractivity (Wildman–Crippen MR) is 119 cm³/mol. The lowest BCUT2D eigenvalue weighted by molar-refractivity contribution is -0.121. The number of benzene rings is 1. The van der Waals surface area contributed by atoms with Gasteiger partial charge in [-0.05, 0) is 44.6 Å². The van der Waals surface area contributed by atoms with Gasteiger partial charge in [-0.15, -0.1) is 24.0 Å². The van der Waals surface area contributed by atoms with E-state index in [4.69, 9.17) is 4.99 Å². The molecule has 1 saturated heterocycles. The number of aryl methyl sites for hydroxylation is 1. The van der Waals surface area contributed by atoms with Gasteiger partial charge >= 0.3 is 0 Å². The van der Waals surface area contributed by atoms with E-state index in [0.717, 1.165) is 51.4 Å². The Labute approximate surface area is 175 Å². The number of carbonyl (C=O) groups excluding carboxylic acids is 1. The number of guanidine groups is 1. The monoisotopic (exact) mass is 472 g/mol. The highest BCUT2D eigenvalue weighted by molar-refractivity contribution is 14.0. The van der Waals surface area contributed by atoms with Crippen molar-refractivity contribution in [2.24, 2.45) is 10.9 Å². The Morgan fingerprint density at radius 1 is 1.31 bits per heavy atom. The SMILES string of the molecule is CCNC(=NCCc1cccc(C)c1)N1CCC(CC(=O)NC)CC1.I. The summed E-state index contributed by atoms with van der Waals surface area (Å²) < 4.78 is 0. The highest BCUT2D eigenvalue weighted by Crippen LogP contribution is 2.20. The van der Waals surface area contributed by atoms with E-state index >= 15 is 0 Å². The molecule has 0 bridgehead atoms. The Morgan fingerprint density at radius 2 is 2.04 bits per heavy atom. The second-order valence-electron chi connectivity index (χ2n) is 6.78. The Bertz CT molecular complexity index is 583. The summed E-state index contributed by atoms with van der Waals surface area (Å²) in [5, 5.41) is 6.14. The zero-order valence-electron chi connectivity index (χ0n) is 16.3. The molecule has 0 unspecified atom stereocenters. The summed E-state index contributed by atoms with van der Waals surface area (Å²) >= 11 is 0. The van der Waals surface area contributed by atoms with Gasteiger partial charge in [-0.3, -0.25) is 9.79 Å². The molecular weight excluding hydrogens is 439 g/mol. The van der Waals surface area contributed by atoms with Crippen molar-refractivity contribution in [3.63, 3.8) is 0 Å². The van der Waals surface area contributed by atoms with E-state index in [1.54, 1.807) is 7.05 Å². The zero-order chi connectivity index (χ0) is 18.1. The van der Waals surface area contributed by atoms with Crippen molar-refractivity contribution >= 4 is 35.8 Å². The standard InChI is InChI=1S/C20H32N4O.HI/c1-4-22-20(23-11-8-17-7-5-6-16(2)14-17)24-12-9-18(10-13-24)15-19(25)21-3;/h5-7,14,18H,4,8-13,15H2,1-3H3,(H,21,25)(H,22,23);1H. The van der Waals surface area contributed by atoms with Crippen molar-refractivity contribution in [1.82, 2.24) is 15.5 Å². The number of carbonyl (C=O) groups is 1. The smallest absolute Gasteiger partial charge is 0.220 e. The normalized spacial score (nSPS) is 15.3. The number of nitrogens with zero attached hydrogens (tertiary/aromatic N) is 2. The van der Waals surface area contributed by atoms with Gasteiger partial charge in [0.05, 0.1) is 0 Å². The summed E-state index contributed by atoms with van der Waals surface area (Å²) in [6, 6.07) is 8.63. The van der Waals surface area contributed by atoms with Gasteiger partial charge in [0.1, 0.15) is 0 Å². The molecule has 2 rings (SSSR count). The van der Waals surface area contributed by atoms with E-state index in [1.165, 1.54) is 11.1 Å². The molecule has 1 aromatic rings. The van der Waals surface area contributed by atoms with Crippen molar-refractivity contribution in [1.29, 1.82) is 0 Å². The molecule has 1 aliphatic rings. The van der Waals surface area contributed by atoms with Crippen LogP contribution in [0.5, 0.6) is 0 Å². The van der Waals surface area contributed by atoms with Crippen LogP contribution in [0.1, 0.15) is 37.3 Å². The number of piperidine rings is 1. The minimum atomic E-state index is 0. The maximum absolute atomic E-state index is 11.5. The number of hydrogen-bond donors (Lipinski definition) is 2. The van der Waals surface area contributed by atoms with Gasteiger partial charge in [-0.25, -0.2) is 0 Å². The predicted octanol–water partition coefficient (Wildman–Crippen LogP) is 2.97. The Morgan fingerprint density at radius 3 is 2.65 bits per heavy atom.